The van der Waals surface area contributed by atoms with Crippen molar-refractivity contribution in [1.29, 1.82) is 0 Å². The van der Waals surface area contributed by atoms with Crippen molar-refractivity contribution in [3.8, 4) is 11.1 Å². The first kappa shape index (κ1) is 20.8. The number of carbonyl (C=O) groups is 2. The molecule has 1 N–H and O–H groups in total. The number of nitrogens with one attached hydrogen (secondary N) is 1. The first-order valence-corrected chi connectivity index (χ1v) is 10.9. The molecule has 1 heterocycles. The first-order chi connectivity index (χ1) is 15.1. The van der Waals surface area contributed by atoms with Crippen molar-refractivity contribution in [2.75, 3.05) is 5.32 Å². The number of hydrogen-bond acceptors (Lipinski definition) is 5. The molecule has 0 saturated carbocycles. The Labute approximate surface area is 184 Å². The maximum Gasteiger partial charge on any atom is 0.306 e. The lowest BCUT2D eigenvalue weighted by molar-refractivity contribution is -0.153. The van der Waals surface area contributed by atoms with Crippen LogP contribution in [-0.4, -0.2) is 23.0 Å². The Morgan fingerprint density at radius 2 is 1.68 bits per heavy atom. The number of rotatable bonds is 7. The van der Waals surface area contributed by atoms with E-state index in [4.69, 9.17) is 4.74 Å². The summed E-state index contributed by atoms with van der Waals surface area (Å²) in [6.07, 6.45) is -0.229. The zero-order chi connectivity index (χ0) is 21.6. The Balaban J connectivity index is 1.34. The molecule has 0 aliphatic carbocycles. The van der Waals surface area contributed by atoms with E-state index in [2.05, 4.69) is 10.3 Å². The van der Waals surface area contributed by atoms with E-state index in [1.807, 2.05) is 78.9 Å². The van der Waals surface area contributed by atoms with Gasteiger partial charge in [-0.2, -0.15) is 0 Å². The predicted molar refractivity (Wildman–Crippen MR) is 124 cm³/mol. The molecule has 156 valence electrons. The van der Waals surface area contributed by atoms with Crippen LogP contribution >= 0.6 is 11.3 Å². The third-order valence-electron chi connectivity index (χ3n) is 4.83. The lowest BCUT2D eigenvalue weighted by Gasteiger charge is -2.15. The summed E-state index contributed by atoms with van der Waals surface area (Å²) in [6.45, 7) is 1.58. The van der Waals surface area contributed by atoms with Gasteiger partial charge in [-0.25, -0.2) is 4.98 Å². The maximum atomic E-state index is 12.6. The van der Waals surface area contributed by atoms with Gasteiger partial charge in [-0.1, -0.05) is 60.7 Å². The number of nitrogens with zero attached hydrogens (tertiary/aromatic N) is 1. The lowest BCUT2D eigenvalue weighted by atomic mass is 10.0. The molecule has 1 amide bonds. The fourth-order valence-corrected chi connectivity index (χ4v) is 4.21. The third-order valence-corrected chi connectivity index (χ3v) is 5.92. The van der Waals surface area contributed by atoms with Crippen LogP contribution < -0.4 is 5.32 Å². The molecular formula is C25H22N2O3S. The molecule has 0 aliphatic heterocycles. The number of amides is 1. The fourth-order valence-electron chi connectivity index (χ4n) is 3.24. The molecule has 4 rings (SSSR count). The average molecular weight is 431 g/mol. The van der Waals surface area contributed by atoms with Crippen molar-refractivity contribution in [2.24, 2.45) is 0 Å². The van der Waals surface area contributed by atoms with E-state index in [9.17, 15) is 9.59 Å². The summed E-state index contributed by atoms with van der Waals surface area (Å²) < 4.78 is 6.44. The molecule has 0 spiro atoms. The number of benzene rings is 3. The summed E-state index contributed by atoms with van der Waals surface area (Å²) in [6, 6.07) is 25.2. The molecule has 1 aromatic heterocycles. The van der Waals surface area contributed by atoms with Crippen molar-refractivity contribution in [3.05, 3.63) is 83.9 Å². The monoisotopic (exact) mass is 430 g/mol. The number of aryl methyl sites for hydroxylation is 1. The van der Waals surface area contributed by atoms with Gasteiger partial charge in [0.1, 0.15) is 0 Å². The number of hydrogen-bond donors (Lipinski definition) is 1. The van der Waals surface area contributed by atoms with Crippen LogP contribution in [0.1, 0.15) is 18.4 Å². The number of thiazole rings is 1. The Kier molecular flexibility index (Phi) is 6.38. The average Bonchev–Trinajstić information content (AvgIpc) is 3.22. The summed E-state index contributed by atoms with van der Waals surface area (Å²) in [4.78, 5) is 29.4. The summed E-state index contributed by atoms with van der Waals surface area (Å²) in [5, 5.41) is 3.76. The highest BCUT2D eigenvalue weighted by Gasteiger charge is 2.19. The zero-order valence-corrected chi connectivity index (χ0v) is 17.9. The van der Waals surface area contributed by atoms with Crippen LogP contribution in [0.2, 0.25) is 0 Å². The molecule has 4 aromatic rings. The predicted octanol–water partition coefficient (Wildman–Crippen LogP) is 5.47. The molecule has 0 saturated heterocycles. The second-order valence-electron chi connectivity index (χ2n) is 7.11. The van der Waals surface area contributed by atoms with E-state index in [1.54, 1.807) is 18.3 Å². The molecule has 5 nitrogen and oxygen atoms in total. The lowest BCUT2D eigenvalue weighted by Crippen LogP contribution is -2.30. The van der Waals surface area contributed by atoms with E-state index < -0.39 is 12.1 Å². The summed E-state index contributed by atoms with van der Waals surface area (Å²) >= 11 is 1.57. The topological polar surface area (TPSA) is 68.3 Å². The van der Waals surface area contributed by atoms with Crippen molar-refractivity contribution < 1.29 is 14.3 Å². The van der Waals surface area contributed by atoms with Gasteiger partial charge in [0.05, 0.1) is 21.6 Å². The standard InChI is InChI=1S/C25H22N2O3S/c1-17(30-24(28)16-15-23-26-21-13-7-8-14-22(21)31-23)25(29)27-20-12-6-5-11-19(20)18-9-3-2-4-10-18/h2-14,17H,15-16H2,1H3,(H,27,29)/t17-/m0/s1. The molecule has 31 heavy (non-hydrogen) atoms. The molecule has 0 unspecified atom stereocenters. The number of fused-ring (bicyclic) bond motifs is 1. The fraction of sp³-hybridized carbons (Fsp3) is 0.160. The highest BCUT2D eigenvalue weighted by atomic mass is 32.1. The van der Waals surface area contributed by atoms with Crippen LogP contribution in [0, 0.1) is 0 Å². The SMILES string of the molecule is C[C@H](OC(=O)CCc1nc2ccccc2s1)C(=O)Nc1ccccc1-c1ccccc1. The Morgan fingerprint density at radius 1 is 0.968 bits per heavy atom. The molecule has 3 aromatic carbocycles. The number of esters is 1. The van der Waals surface area contributed by atoms with Gasteiger partial charge in [0.15, 0.2) is 6.10 Å². The molecule has 0 aliphatic rings. The quantitative estimate of drug-likeness (QED) is 0.395. The molecule has 0 radical (unpaired) electrons. The van der Waals surface area contributed by atoms with Crippen LogP contribution in [0.4, 0.5) is 5.69 Å². The van der Waals surface area contributed by atoms with E-state index in [-0.39, 0.29) is 12.3 Å². The Morgan fingerprint density at radius 3 is 2.48 bits per heavy atom. The van der Waals surface area contributed by atoms with Gasteiger partial charge in [0.25, 0.3) is 5.91 Å². The van der Waals surface area contributed by atoms with Crippen LogP contribution in [-0.2, 0) is 20.7 Å². The van der Waals surface area contributed by atoms with Crippen molar-refractivity contribution in [3.63, 3.8) is 0 Å². The highest BCUT2D eigenvalue weighted by molar-refractivity contribution is 7.18. The number of carbonyl (C=O) groups excluding carboxylic acids is 2. The normalized spacial score (nSPS) is 11.8. The highest BCUT2D eigenvalue weighted by Crippen LogP contribution is 2.28. The van der Waals surface area contributed by atoms with Gasteiger partial charge in [-0.3, -0.25) is 9.59 Å². The molecule has 6 heteroatoms. The Bertz CT molecular complexity index is 1170. The van der Waals surface area contributed by atoms with Gasteiger partial charge < -0.3 is 10.1 Å². The second kappa shape index (κ2) is 9.53. The van der Waals surface area contributed by atoms with Crippen LogP contribution in [0.15, 0.2) is 78.9 Å². The summed E-state index contributed by atoms with van der Waals surface area (Å²) in [5.41, 5.74) is 3.52. The smallest absolute Gasteiger partial charge is 0.306 e. The number of para-hydroxylation sites is 2. The molecular weight excluding hydrogens is 408 g/mol. The maximum absolute atomic E-state index is 12.6. The van der Waals surface area contributed by atoms with Gasteiger partial charge in [-0.15, -0.1) is 11.3 Å². The van der Waals surface area contributed by atoms with Gasteiger partial charge >= 0.3 is 5.97 Å². The minimum atomic E-state index is -0.897. The van der Waals surface area contributed by atoms with Crippen LogP contribution in [0.3, 0.4) is 0 Å². The van der Waals surface area contributed by atoms with Gasteiger partial charge in [0, 0.05) is 17.7 Å². The minimum absolute atomic E-state index is 0.179. The van der Waals surface area contributed by atoms with Crippen molar-refractivity contribution in [1.82, 2.24) is 4.98 Å². The van der Waals surface area contributed by atoms with Crippen LogP contribution in [0.5, 0.6) is 0 Å². The first-order valence-electron chi connectivity index (χ1n) is 10.1. The molecule has 0 bridgehead atoms. The van der Waals surface area contributed by atoms with Crippen LogP contribution in [0.25, 0.3) is 21.3 Å². The minimum Gasteiger partial charge on any atom is -0.453 e. The summed E-state index contributed by atoms with van der Waals surface area (Å²) in [7, 11) is 0. The molecule has 1 atom stereocenters. The third kappa shape index (κ3) is 5.16. The second-order valence-corrected chi connectivity index (χ2v) is 8.22. The summed E-state index contributed by atoms with van der Waals surface area (Å²) in [5.74, 6) is -0.782. The van der Waals surface area contributed by atoms with E-state index in [0.29, 0.717) is 12.1 Å². The van der Waals surface area contributed by atoms with Gasteiger partial charge in [0.2, 0.25) is 0 Å². The van der Waals surface area contributed by atoms with E-state index in [0.717, 1.165) is 26.4 Å². The molecule has 0 fully saturated rings. The number of anilines is 1. The largest absolute Gasteiger partial charge is 0.453 e. The van der Waals surface area contributed by atoms with Crippen molar-refractivity contribution in [2.45, 2.75) is 25.9 Å². The van der Waals surface area contributed by atoms with Gasteiger partial charge in [-0.05, 0) is 30.7 Å². The zero-order valence-electron chi connectivity index (χ0n) is 17.1. The Hall–Kier alpha value is -3.51. The van der Waals surface area contributed by atoms with Crippen molar-refractivity contribution >= 4 is 39.1 Å². The number of aromatic nitrogens is 1. The van der Waals surface area contributed by atoms with E-state index >= 15 is 0 Å². The number of ether oxygens (including phenoxy) is 1. The van der Waals surface area contributed by atoms with E-state index in [1.165, 1.54) is 0 Å².